The highest BCUT2D eigenvalue weighted by molar-refractivity contribution is 6.31. The third-order valence-electron chi connectivity index (χ3n) is 3.71. The van der Waals surface area contributed by atoms with Gasteiger partial charge in [-0.3, -0.25) is 0 Å². The van der Waals surface area contributed by atoms with E-state index in [1.54, 1.807) is 42.5 Å². The van der Waals surface area contributed by atoms with Crippen molar-refractivity contribution in [2.75, 3.05) is 6.61 Å². The first-order valence-electron chi connectivity index (χ1n) is 7.74. The van der Waals surface area contributed by atoms with Gasteiger partial charge in [0, 0.05) is 21.5 Å². The van der Waals surface area contributed by atoms with Crippen molar-refractivity contribution >= 4 is 28.3 Å². The van der Waals surface area contributed by atoms with Crippen LogP contribution in [0, 0.1) is 0 Å². The lowest BCUT2D eigenvalue weighted by molar-refractivity contribution is 0.0659. The molecule has 0 fully saturated rings. The highest BCUT2D eigenvalue weighted by Gasteiger charge is 2.23. The minimum atomic E-state index is -1.33. The van der Waals surface area contributed by atoms with Crippen LogP contribution in [0.25, 0.3) is 21.9 Å². The number of benzene rings is 2. The van der Waals surface area contributed by atoms with Crippen LogP contribution in [0.1, 0.15) is 23.9 Å². The largest absolute Gasteiger partial charge is 0.493 e. The normalized spacial score (nSPS) is 10.8. The summed E-state index contributed by atoms with van der Waals surface area (Å²) in [5.74, 6) is -1.29. The summed E-state index contributed by atoms with van der Waals surface area (Å²) in [7, 11) is 0. The third-order valence-corrected chi connectivity index (χ3v) is 3.94. The Morgan fingerprint density at radius 1 is 1.20 bits per heavy atom. The predicted molar refractivity (Wildman–Crippen MR) is 95.7 cm³/mol. The smallest absolute Gasteiger partial charge is 0.372 e. The molecule has 5 nitrogen and oxygen atoms in total. The Bertz CT molecular complexity index is 1010. The molecule has 0 saturated heterocycles. The number of rotatable bonds is 5. The fourth-order valence-electron chi connectivity index (χ4n) is 2.65. The highest BCUT2D eigenvalue weighted by atomic mass is 35.5. The van der Waals surface area contributed by atoms with E-state index in [2.05, 4.69) is 0 Å². The molecule has 25 heavy (non-hydrogen) atoms. The van der Waals surface area contributed by atoms with E-state index < -0.39 is 17.4 Å². The van der Waals surface area contributed by atoms with Crippen LogP contribution in [-0.2, 0) is 0 Å². The van der Waals surface area contributed by atoms with Crippen LogP contribution in [0.2, 0.25) is 5.02 Å². The fraction of sp³-hybridized carbons (Fsp3) is 0.158. The van der Waals surface area contributed by atoms with Gasteiger partial charge in [0.2, 0.25) is 5.76 Å². The van der Waals surface area contributed by atoms with E-state index in [0.29, 0.717) is 33.7 Å². The molecule has 0 radical (unpaired) electrons. The summed E-state index contributed by atoms with van der Waals surface area (Å²) in [6, 6.07) is 11.6. The first-order valence-corrected chi connectivity index (χ1v) is 8.12. The Balaban J connectivity index is 2.41. The van der Waals surface area contributed by atoms with E-state index in [4.69, 9.17) is 20.8 Å². The Morgan fingerprint density at radius 2 is 1.92 bits per heavy atom. The predicted octanol–water partition coefficient (Wildman–Crippen LogP) is 4.60. The second-order valence-corrected chi connectivity index (χ2v) is 5.87. The first-order chi connectivity index (χ1) is 12.0. The van der Waals surface area contributed by atoms with E-state index in [1.807, 2.05) is 6.92 Å². The zero-order valence-electron chi connectivity index (χ0n) is 13.4. The van der Waals surface area contributed by atoms with Crippen LogP contribution in [0.5, 0.6) is 5.75 Å². The summed E-state index contributed by atoms with van der Waals surface area (Å²) in [6.07, 6.45) is 0.790. The van der Waals surface area contributed by atoms with E-state index in [9.17, 15) is 14.7 Å². The van der Waals surface area contributed by atoms with Crippen molar-refractivity contribution in [3.63, 3.8) is 0 Å². The third kappa shape index (κ3) is 3.23. The molecule has 1 heterocycles. The topological polar surface area (TPSA) is 76.7 Å². The summed E-state index contributed by atoms with van der Waals surface area (Å²) >= 11 is 6.12. The molecule has 6 heteroatoms. The van der Waals surface area contributed by atoms with Gasteiger partial charge in [-0.2, -0.15) is 0 Å². The average Bonchev–Trinajstić information content (AvgIpc) is 2.60. The quantitative estimate of drug-likeness (QED) is 0.721. The van der Waals surface area contributed by atoms with E-state index in [-0.39, 0.29) is 5.56 Å². The van der Waals surface area contributed by atoms with Gasteiger partial charge >= 0.3 is 11.6 Å². The molecule has 0 aliphatic rings. The minimum absolute atomic E-state index is 0.274. The van der Waals surface area contributed by atoms with Crippen molar-refractivity contribution in [3.05, 3.63) is 63.7 Å². The molecule has 0 amide bonds. The van der Waals surface area contributed by atoms with Crippen molar-refractivity contribution < 1.29 is 19.1 Å². The van der Waals surface area contributed by atoms with Crippen LogP contribution in [-0.4, -0.2) is 17.7 Å². The molecule has 0 aliphatic heterocycles. The number of fused-ring (bicyclic) bond motifs is 1. The van der Waals surface area contributed by atoms with E-state index in [1.165, 1.54) is 0 Å². The van der Waals surface area contributed by atoms with Crippen molar-refractivity contribution in [3.8, 4) is 16.9 Å². The van der Waals surface area contributed by atoms with Crippen LogP contribution in [0.4, 0.5) is 0 Å². The fourth-order valence-corrected chi connectivity index (χ4v) is 2.83. The molecule has 128 valence electrons. The summed E-state index contributed by atoms with van der Waals surface area (Å²) in [4.78, 5) is 23.8. The minimum Gasteiger partial charge on any atom is -0.493 e. The number of hydrogen-bond donors (Lipinski definition) is 1. The molecule has 0 atom stereocenters. The van der Waals surface area contributed by atoms with Crippen molar-refractivity contribution in [1.82, 2.24) is 0 Å². The van der Waals surface area contributed by atoms with Gasteiger partial charge in [-0.15, -0.1) is 0 Å². The first kappa shape index (κ1) is 17.0. The van der Waals surface area contributed by atoms with Gasteiger partial charge in [-0.25, -0.2) is 9.59 Å². The lowest BCUT2D eigenvalue weighted by Crippen LogP contribution is -2.10. The Kier molecular flexibility index (Phi) is 4.76. The molecule has 1 aromatic heterocycles. The molecule has 0 aliphatic carbocycles. The lowest BCUT2D eigenvalue weighted by atomic mass is 9.97. The van der Waals surface area contributed by atoms with Gasteiger partial charge in [0.05, 0.1) is 12.0 Å². The highest BCUT2D eigenvalue weighted by Crippen LogP contribution is 2.38. The van der Waals surface area contributed by atoms with Gasteiger partial charge in [-0.1, -0.05) is 36.7 Å². The summed E-state index contributed by atoms with van der Waals surface area (Å²) in [5.41, 5.74) is 0.0457. The molecule has 0 bridgehead atoms. The molecule has 0 unspecified atom stereocenters. The number of carboxylic acid groups (broad SMARTS) is 1. The number of carbonyl (C=O) groups is 1. The molecule has 2 aromatic carbocycles. The second-order valence-electron chi connectivity index (χ2n) is 5.43. The van der Waals surface area contributed by atoms with Crippen LogP contribution < -0.4 is 10.4 Å². The van der Waals surface area contributed by atoms with Crippen molar-refractivity contribution in [2.24, 2.45) is 0 Å². The second kappa shape index (κ2) is 6.99. The lowest BCUT2D eigenvalue weighted by Gasteiger charge is -2.14. The van der Waals surface area contributed by atoms with Crippen LogP contribution >= 0.6 is 11.6 Å². The molecule has 3 rings (SSSR count). The Morgan fingerprint density at radius 3 is 2.60 bits per heavy atom. The van der Waals surface area contributed by atoms with Gasteiger partial charge in [0.25, 0.3) is 0 Å². The maximum atomic E-state index is 12.1. The molecule has 0 spiro atoms. The zero-order valence-corrected chi connectivity index (χ0v) is 14.2. The Hall–Kier alpha value is -2.79. The molecule has 1 N–H and O–H groups in total. The number of hydrogen-bond acceptors (Lipinski definition) is 4. The molecule has 0 saturated carbocycles. The average molecular weight is 359 g/mol. The molecule has 3 aromatic rings. The summed E-state index contributed by atoms with van der Waals surface area (Å²) in [6.45, 7) is 2.43. The number of aromatic carboxylic acids is 1. The van der Waals surface area contributed by atoms with Gasteiger partial charge < -0.3 is 14.3 Å². The number of carboxylic acids is 1. The van der Waals surface area contributed by atoms with Crippen LogP contribution in [0.15, 0.2) is 51.7 Å². The van der Waals surface area contributed by atoms with Gasteiger partial charge in [0.1, 0.15) is 5.75 Å². The summed E-state index contributed by atoms with van der Waals surface area (Å²) < 4.78 is 10.8. The van der Waals surface area contributed by atoms with Crippen molar-refractivity contribution in [1.29, 1.82) is 0 Å². The maximum absolute atomic E-state index is 12.1. The SMILES string of the molecule is CCCOc1ccc(Cl)cc1-c1c(C(=O)O)oc(=O)c2ccccc12. The maximum Gasteiger partial charge on any atom is 0.372 e. The standard InChI is InChI=1S/C19H15ClO5/c1-2-9-24-15-8-7-11(20)10-14(15)16-12-5-3-4-6-13(12)19(23)25-17(16)18(21)22/h3-8,10H,2,9H2,1H3,(H,21,22). The Labute approximate surface area is 148 Å². The monoisotopic (exact) mass is 358 g/mol. The van der Waals surface area contributed by atoms with Gasteiger partial charge in [-0.05, 0) is 30.7 Å². The number of ether oxygens (including phenoxy) is 1. The van der Waals surface area contributed by atoms with Crippen LogP contribution in [0.3, 0.4) is 0 Å². The zero-order chi connectivity index (χ0) is 18.0. The van der Waals surface area contributed by atoms with Gasteiger partial charge in [0.15, 0.2) is 0 Å². The molecular weight excluding hydrogens is 344 g/mol. The number of halogens is 1. The molecular formula is C19H15ClO5. The van der Waals surface area contributed by atoms with E-state index >= 15 is 0 Å². The summed E-state index contributed by atoms with van der Waals surface area (Å²) in [5, 5.41) is 10.7. The van der Waals surface area contributed by atoms with Crippen molar-refractivity contribution in [2.45, 2.75) is 13.3 Å². The van der Waals surface area contributed by atoms with E-state index in [0.717, 1.165) is 6.42 Å².